The number of fused-ring (bicyclic) bond motifs is 1. The number of amides is 2. The summed E-state index contributed by atoms with van der Waals surface area (Å²) in [6, 6.07) is 1.47. The lowest BCUT2D eigenvalue weighted by molar-refractivity contribution is -0.134. The van der Waals surface area contributed by atoms with Crippen LogP contribution in [-0.2, 0) is 22.6 Å². The molecule has 1 heterocycles. The molecule has 0 bridgehead atoms. The lowest BCUT2D eigenvalue weighted by atomic mass is 9.98. The number of benzene rings is 1. The zero-order valence-electron chi connectivity index (χ0n) is 13.2. The van der Waals surface area contributed by atoms with Crippen molar-refractivity contribution in [2.24, 2.45) is 11.7 Å². The summed E-state index contributed by atoms with van der Waals surface area (Å²) in [6.07, 6.45) is 0.254. The predicted octanol–water partition coefficient (Wildman–Crippen LogP) is 0.949. The second-order valence-corrected chi connectivity index (χ2v) is 6.04. The maximum atomic E-state index is 13.8. The number of hydrogen-bond acceptors (Lipinski definition) is 3. The van der Waals surface area contributed by atoms with Crippen molar-refractivity contribution in [2.45, 2.75) is 32.9 Å². The predicted molar refractivity (Wildman–Crippen MR) is 81.3 cm³/mol. The first kappa shape index (κ1) is 17.3. The number of nitrogens with one attached hydrogen (secondary N) is 1. The summed E-state index contributed by atoms with van der Waals surface area (Å²) in [5.41, 5.74) is 6.22. The van der Waals surface area contributed by atoms with E-state index in [9.17, 15) is 18.4 Å². The van der Waals surface area contributed by atoms with Crippen LogP contribution in [0, 0.1) is 17.6 Å². The van der Waals surface area contributed by atoms with Crippen LogP contribution >= 0.6 is 0 Å². The topological polar surface area (TPSA) is 75.4 Å². The molecule has 1 aromatic rings. The molecule has 1 aliphatic heterocycles. The maximum Gasteiger partial charge on any atom is 0.242 e. The minimum absolute atomic E-state index is 0.00383. The largest absolute Gasteiger partial charge is 0.346 e. The molecule has 23 heavy (non-hydrogen) atoms. The van der Waals surface area contributed by atoms with Crippen molar-refractivity contribution in [1.82, 2.24) is 10.2 Å². The summed E-state index contributed by atoms with van der Waals surface area (Å²) < 4.78 is 27.5. The molecule has 1 aliphatic rings. The Labute approximate surface area is 133 Å². The van der Waals surface area contributed by atoms with Crippen LogP contribution in [-0.4, -0.2) is 35.8 Å². The van der Waals surface area contributed by atoms with E-state index < -0.39 is 23.6 Å². The van der Waals surface area contributed by atoms with Crippen LogP contribution in [0.5, 0.6) is 0 Å². The van der Waals surface area contributed by atoms with Crippen molar-refractivity contribution >= 4 is 11.8 Å². The molecule has 0 spiro atoms. The second kappa shape index (κ2) is 7.04. The number of halogens is 2. The Morgan fingerprint density at radius 2 is 1.87 bits per heavy atom. The molecule has 3 N–H and O–H groups in total. The average molecular weight is 325 g/mol. The molecule has 2 rings (SSSR count). The van der Waals surface area contributed by atoms with Gasteiger partial charge in [0.2, 0.25) is 11.8 Å². The first-order valence-electron chi connectivity index (χ1n) is 7.58. The summed E-state index contributed by atoms with van der Waals surface area (Å²) in [5.74, 6) is -1.76. The van der Waals surface area contributed by atoms with E-state index in [1.165, 1.54) is 4.90 Å². The van der Waals surface area contributed by atoms with Crippen molar-refractivity contribution in [3.63, 3.8) is 0 Å². The summed E-state index contributed by atoms with van der Waals surface area (Å²) in [6.45, 7) is 3.71. The van der Waals surface area contributed by atoms with Crippen LogP contribution in [0.3, 0.4) is 0 Å². The molecular formula is C16H21F2N3O2. The van der Waals surface area contributed by atoms with Gasteiger partial charge < -0.3 is 16.0 Å². The molecule has 0 unspecified atom stereocenters. The molecule has 0 aliphatic carbocycles. The molecule has 0 fully saturated rings. The average Bonchev–Trinajstić information content (AvgIpc) is 2.54. The molecule has 1 aromatic carbocycles. The highest BCUT2D eigenvalue weighted by Gasteiger charge is 2.26. The number of rotatable bonds is 4. The number of hydrogen-bond donors (Lipinski definition) is 2. The fourth-order valence-corrected chi connectivity index (χ4v) is 2.50. The molecule has 2 amide bonds. The molecule has 0 radical (unpaired) electrons. The Morgan fingerprint density at radius 1 is 1.26 bits per heavy atom. The highest BCUT2D eigenvalue weighted by Crippen LogP contribution is 2.24. The van der Waals surface area contributed by atoms with Crippen LogP contribution in [0.25, 0.3) is 0 Å². The molecule has 126 valence electrons. The van der Waals surface area contributed by atoms with Crippen molar-refractivity contribution in [3.05, 3.63) is 34.9 Å². The number of nitrogens with two attached hydrogens (primary N) is 1. The molecule has 1 atom stereocenters. The Kier molecular flexibility index (Phi) is 5.30. The summed E-state index contributed by atoms with van der Waals surface area (Å²) in [4.78, 5) is 25.3. The van der Waals surface area contributed by atoms with Gasteiger partial charge in [0.15, 0.2) is 0 Å². The summed E-state index contributed by atoms with van der Waals surface area (Å²) in [5, 5.41) is 2.49. The van der Waals surface area contributed by atoms with Gasteiger partial charge in [0.05, 0.1) is 12.6 Å². The first-order valence-corrected chi connectivity index (χ1v) is 7.58. The number of nitrogens with zero attached hydrogens (tertiary/aromatic N) is 1. The van der Waals surface area contributed by atoms with Crippen LogP contribution < -0.4 is 11.1 Å². The van der Waals surface area contributed by atoms with Crippen LogP contribution in [0.4, 0.5) is 8.78 Å². The van der Waals surface area contributed by atoms with Crippen LogP contribution in [0.1, 0.15) is 25.0 Å². The number of carbonyl (C=O) groups excluding carboxylic acids is 2. The van der Waals surface area contributed by atoms with Crippen molar-refractivity contribution in [3.8, 4) is 0 Å². The third-order valence-electron chi connectivity index (χ3n) is 4.09. The zero-order chi connectivity index (χ0) is 17.1. The quantitative estimate of drug-likeness (QED) is 0.865. The standard InChI is InChI=1S/C16H21F2N3O2/c1-9(2)15(19)16(23)20-7-14(22)21-6-5-10-11(8-21)13(18)4-3-12(10)17/h3-4,9,15H,5-8,19H2,1-2H3,(H,20,23)/t15-/m0/s1. The highest BCUT2D eigenvalue weighted by atomic mass is 19.1. The molecule has 0 saturated heterocycles. The van der Waals surface area contributed by atoms with Gasteiger partial charge in [-0.2, -0.15) is 0 Å². The first-order chi connectivity index (χ1) is 10.8. The smallest absolute Gasteiger partial charge is 0.242 e. The van der Waals surface area contributed by atoms with E-state index in [-0.39, 0.29) is 43.4 Å². The van der Waals surface area contributed by atoms with Gasteiger partial charge in [-0.05, 0) is 30.0 Å². The van der Waals surface area contributed by atoms with Crippen molar-refractivity contribution in [2.75, 3.05) is 13.1 Å². The third-order valence-corrected chi connectivity index (χ3v) is 4.09. The monoisotopic (exact) mass is 325 g/mol. The maximum absolute atomic E-state index is 13.8. The Bertz CT molecular complexity index is 620. The van der Waals surface area contributed by atoms with Gasteiger partial charge in [-0.15, -0.1) is 0 Å². The van der Waals surface area contributed by atoms with Crippen LogP contribution in [0.2, 0.25) is 0 Å². The van der Waals surface area contributed by atoms with E-state index in [0.29, 0.717) is 5.56 Å². The van der Waals surface area contributed by atoms with Crippen molar-refractivity contribution in [1.29, 1.82) is 0 Å². The van der Waals surface area contributed by atoms with Gasteiger partial charge in [0, 0.05) is 18.7 Å². The van der Waals surface area contributed by atoms with E-state index in [1.54, 1.807) is 0 Å². The fourth-order valence-electron chi connectivity index (χ4n) is 2.50. The lowest BCUT2D eigenvalue weighted by Gasteiger charge is -2.29. The molecule has 7 heteroatoms. The minimum atomic E-state index is -0.684. The SMILES string of the molecule is CC(C)[C@H](N)C(=O)NCC(=O)N1CCc2c(F)ccc(F)c2C1. The van der Waals surface area contributed by atoms with E-state index in [1.807, 2.05) is 13.8 Å². The van der Waals surface area contributed by atoms with Gasteiger partial charge in [0.25, 0.3) is 0 Å². The van der Waals surface area contributed by atoms with E-state index in [0.717, 1.165) is 12.1 Å². The zero-order valence-corrected chi connectivity index (χ0v) is 13.2. The van der Waals surface area contributed by atoms with Gasteiger partial charge >= 0.3 is 0 Å². The minimum Gasteiger partial charge on any atom is -0.346 e. The summed E-state index contributed by atoms with van der Waals surface area (Å²) in [7, 11) is 0. The normalized spacial score (nSPS) is 15.3. The Morgan fingerprint density at radius 3 is 2.48 bits per heavy atom. The lowest BCUT2D eigenvalue weighted by Crippen LogP contribution is -2.48. The van der Waals surface area contributed by atoms with Gasteiger partial charge in [-0.1, -0.05) is 13.8 Å². The van der Waals surface area contributed by atoms with E-state index in [4.69, 9.17) is 5.73 Å². The Balaban J connectivity index is 1.97. The summed E-state index contributed by atoms with van der Waals surface area (Å²) >= 11 is 0. The highest BCUT2D eigenvalue weighted by molar-refractivity contribution is 5.87. The third kappa shape index (κ3) is 3.85. The Hall–Kier alpha value is -2.02. The van der Waals surface area contributed by atoms with Gasteiger partial charge in [-0.25, -0.2) is 8.78 Å². The molecular weight excluding hydrogens is 304 g/mol. The van der Waals surface area contributed by atoms with Crippen LogP contribution in [0.15, 0.2) is 12.1 Å². The fraction of sp³-hybridized carbons (Fsp3) is 0.500. The van der Waals surface area contributed by atoms with Gasteiger partial charge in [0.1, 0.15) is 11.6 Å². The van der Waals surface area contributed by atoms with E-state index >= 15 is 0 Å². The number of carbonyl (C=O) groups is 2. The molecule has 5 nitrogen and oxygen atoms in total. The van der Waals surface area contributed by atoms with Crippen molar-refractivity contribution < 1.29 is 18.4 Å². The molecule has 0 saturated carbocycles. The van der Waals surface area contributed by atoms with Gasteiger partial charge in [-0.3, -0.25) is 9.59 Å². The second-order valence-electron chi connectivity index (χ2n) is 6.04. The van der Waals surface area contributed by atoms with E-state index in [2.05, 4.69) is 5.32 Å². The molecule has 0 aromatic heterocycles.